The van der Waals surface area contributed by atoms with Crippen molar-refractivity contribution in [1.29, 1.82) is 0 Å². The van der Waals surface area contributed by atoms with Crippen molar-refractivity contribution in [2.45, 2.75) is 25.6 Å². The van der Waals surface area contributed by atoms with Crippen LogP contribution in [0.2, 0.25) is 0 Å². The summed E-state index contributed by atoms with van der Waals surface area (Å²) in [7, 11) is 0. The lowest BCUT2D eigenvalue weighted by Gasteiger charge is -2.12. The molecule has 7 nitrogen and oxygen atoms in total. The first-order chi connectivity index (χ1) is 15.4. The van der Waals surface area contributed by atoms with Gasteiger partial charge in [0.15, 0.2) is 0 Å². The third-order valence-electron chi connectivity index (χ3n) is 5.03. The smallest absolute Gasteiger partial charge is 0.361 e. The molecule has 0 unspecified atom stereocenters. The minimum atomic E-state index is -4.38. The van der Waals surface area contributed by atoms with Crippen LogP contribution in [0, 0.1) is 5.92 Å². The van der Waals surface area contributed by atoms with E-state index < -0.39 is 11.7 Å². The quantitative estimate of drug-likeness (QED) is 0.467. The molecule has 0 bridgehead atoms. The molecule has 168 valence electrons. The van der Waals surface area contributed by atoms with Crippen molar-refractivity contribution in [2.24, 2.45) is 5.92 Å². The predicted octanol–water partition coefficient (Wildman–Crippen LogP) is 3.84. The summed E-state index contributed by atoms with van der Waals surface area (Å²) in [6.07, 6.45) is 1.76. The Morgan fingerprint density at radius 3 is 2.44 bits per heavy atom. The number of aromatic nitrogens is 3. The van der Waals surface area contributed by atoms with E-state index in [1.807, 2.05) is 29.1 Å². The molecule has 3 aromatic rings. The van der Waals surface area contributed by atoms with Crippen LogP contribution in [0.3, 0.4) is 0 Å². The zero-order valence-corrected chi connectivity index (χ0v) is 17.2. The maximum atomic E-state index is 12.6. The zero-order valence-electron chi connectivity index (χ0n) is 17.2. The van der Waals surface area contributed by atoms with Gasteiger partial charge in [0.25, 0.3) is 0 Å². The van der Waals surface area contributed by atoms with Crippen LogP contribution in [0.4, 0.5) is 24.9 Å². The lowest BCUT2D eigenvalue weighted by molar-refractivity contribution is -0.137. The van der Waals surface area contributed by atoms with Gasteiger partial charge in [-0.3, -0.25) is 4.79 Å². The van der Waals surface area contributed by atoms with Gasteiger partial charge in [-0.15, -0.1) is 0 Å². The van der Waals surface area contributed by atoms with Gasteiger partial charge in [-0.25, -0.2) is 0 Å². The molecule has 4 rings (SSSR count). The molecule has 1 aliphatic rings. The SMILES string of the molecule is O=C(CNc1cc(-n2cccc2)nc(NCC2CC2)n1)NCc1ccc(C(F)(F)F)cc1. The average molecular weight is 444 g/mol. The van der Waals surface area contributed by atoms with E-state index in [1.54, 1.807) is 6.07 Å². The molecule has 1 fully saturated rings. The number of hydrogen-bond acceptors (Lipinski definition) is 5. The Hall–Kier alpha value is -3.56. The monoisotopic (exact) mass is 444 g/mol. The summed E-state index contributed by atoms with van der Waals surface area (Å²) >= 11 is 0. The van der Waals surface area contributed by atoms with Crippen molar-refractivity contribution in [3.8, 4) is 5.82 Å². The minimum absolute atomic E-state index is 0.0369. The lowest BCUT2D eigenvalue weighted by Crippen LogP contribution is -2.29. The summed E-state index contributed by atoms with van der Waals surface area (Å²) in [6.45, 7) is 0.901. The van der Waals surface area contributed by atoms with E-state index in [0.717, 1.165) is 18.7 Å². The van der Waals surface area contributed by atoms with E-state index in [9.17, 15) is 18.0 Å². The Morgan fingerprint density at radius 2 is 1.78 bits per heavy atom. The molecule has 0 saturated heterocycles. The highest BCUT2D eigenvalue weighted by Crippen LogP contribution is 2.29. The molecule has 0 atom stereocenters. The molecule has 10 heteroatoms. The van der Waals surface area contributed by atoms with Crippen LogP contribution in [0.25, 0.3) is 5.82 Å². The van der Waals surface area contributed by atoms with Crippen LogP contribution < -0.4 is 16.0 Å². The van der Waals surface area contributed by atoms with E-state index in [1.165, 1.54) is 25.0 Å². The summed E-state index contributed by atoms with van der Waals surface area (Å²) in [5.41, 5.74) is -0.141. The number of benzene rings is 1. The van der Waals surface area contributed by atoms with Gasteiger partial charge in [0.2, 0.25) is 11.9 Å². The van der Waals surface area contributed by atoms with Crippen LogP contribution in [-0.2, 0) is 17.5 Å². The standard InChI is InChI=1S/C22H23F3N6O/c23-22(24,25)17-7-5-16(6-8-17)12-27-20(32)14-26-18-11-19(31-9-1-2-10-31)30-21(29-18)28-13-15-3-4-15/h1-2,5-11,15H,3-4,12-14H2,(H,27,32)(H2,26,28,29,30). The molecule has 3 N–H and O–H groups in total. The lowest BCUT2D eigenvalue weighted by atomic mass is 10.1. The summed E-state index contributed by atoms with van der Waals surface area (Å²) in [4.78, 5) is 21.2. The maximum Gasteiger partial charge on any atom is 0.416 e. The van der Waals surface area contributed by atoms with Gasteiger partial charge in [-0.2, -0.15) is 23.1 Å². The summed E-state index contributed by atoms with van der Waals surface area (Å²) in [5, 5.41) is 8.92. The Kier molecular flexibility index (Phi) is 6.29. The number of rotatable bonds is 9. The average Bonchev–Trinajstić information content (AvgIpc) is 3.44. The molecule has 0 spiro atoms. The summed E-state index contributed by atoms with van der Waals surface area (Å²) in [6, 6.07) is 10.2. The molecule has 0 aliphatic heterocycles. The first-order valence-electron chi connectivity index (χ1n) is 10.3. The molecular weight excluding hydrogens is 421 g/mol. The topological polar surface area (TPSA) is 83.9 Å². The number of nitrogens with one attached hydrogen (secondary N) is 3. The molecule has 32 heavy (non-hydrogen) atoms. The van der Waals surface area contributed by atoms with Gasteiger partial charge >= 0.3 is 6.18 Å². The van der Waals surface area contributed by atoms with Gasteiger partial charge < -0.3 is 20.5 Å². The van der Waals surface area contributed by atoms with E-state index >= 15 is 0 Å². The number of nitrogens with zero attached hydrogens (tertiary/aromatic N) is 3. The number of halogens is 3. The second-order valence-corrected chi connectivity index (χ2v) is 7.67. The van der Waals surface area contributed by atoms with E-state index in [2.05, 4.69) is 25.9 Å². The predicted molar refractivity (Wildman–Crippen MR) is 114 cm³/mol. The number of hydrogen-bond donors (Lipinski definition) is 3. The second kappa shape index (κ2) is 9.29. The normalized spacial score (nSPS) is 13.6. The van der Waals surface area contributed by atoms with Gasteiger partial charge in [0, 0.05) is 31.5 Å². The molecule has 1 aromatic carbocycles. The van der Waals surface area contributed by atoms with Crippen LogP contribution in [-0.4, -0.2) is 33.5 Å². The maximum absolute atomic E-state index is 12.6. The third-order valence-corrected chi connectivity index (χ3v) is 5.03. The fraction of sp³-hybridized carbons (Fsp3) is 0.318. The molecule has 1 saturated carbocycles. The highest BCUT2D eigenvalue weighted by Gasteiger charge is 2.29. The third kappa shape index (κ3) is 5.99. The van der Waals surface area contributed by atoms with Crippen molar-refractivity contribution in [1.82, 2.24) is 19.9 Å². The van der Waals surface area contributed by atoms with Gasteiger partial charge in [0.05, 0.1) is 12.1 Å². The first kappa shape index (κ1) is 21.7. The number of carbonyl (C=O) groups excluding carboxylic acids is 1. The zero-order chi connectivity index (χ0) is 22.6. The Bertz CT molecular complexity index is 1050. The van der Waals surface area contributed by atoms with Crippen molar-refractivity contribution >= 4 is 17.7 Å². The Labute approximate surface area is 183 Å². The van der Waals surface area contributed by atoms with Crippen molar-refractivity contribution in [3.63, 3.8) is 0 Å². The molecule has 2 aromatic heterocycles. The molecule has 0 radical (unpaired) electrons. The minimum Gasteiger partial charge on any atom is -0.361 e. The molecular formula is C22H23F3N6O. The highest BCUT2D eigenvalue weighted by atomic mass is 19.4. The van der Waals surface area contributed by atoms with E-state index in [0.29, 0.717) is 29.1 Å². The summed E-state index contributed by atoms with van der Waals surface area (Å²) in [5.74, 6) is 1.98. The Morgan fingerprint density at radius 1 is 1.06 bits per heavy atom. The van der Waals surface area contributed by atoms with Gasteiger partial charge in [-0.1, -0.05) is 12.1 Å². The second-order valence-electron chi connectivity index (χ2n) is 7.67. The molecule has 1 amide bonds. The molecule has 2 heterocycles. The van der Waals surface area contributed by atoms with E-state index in [4.69, 9.17) is 0 Å². The largest absolute Gasteiger partial charge is 0.416 e. The van der Waals surface area contributed by atoms with Crippen LogP contribution >= 0.6 is 0 Å². The summed E-state index contributed by atoms with van der Waals surface area (Å²) < 4.78 is 39.8. The molecule has 1 aliphatic carbocycles. The fourth-order valence-electron chi connectivity index (χ4n) is 3.03. The number of carbonyl (C=O) groups is 1. The fourth-order valence-corrected chi connectivity index (χ4v) is 3.03. The first-order valence-corrected chi connectivity index (χ1v) is 10.3. The van der Waals surface area contributed by atoms with Crippen molar-refractivity contribution in [2.75, 3.05) is 23.7 Å². The number of alkyl halides is 3. The Balaban J connectivity index is 1.34. The van der Waals surface area contributed by atoms with Crippen molar-refractivity contribution < 1.29 is 18.0 Å². The van der Waals surface area contributed by atoms with Crippen LogP contribution in [0.15, 0.2) is 54.9 Å². The van der Waals surface area contributed by atoms with Gasteiger partial charge in [-0.05, 0) is 48.6 Å². The number of anilines is 2. The number of amides is 1. The highest BCUT2D eigenvalue weighted by molar-refractivity contribution is 5.80. The van der Waals surface area contributed by atoms with Crippen LogP contribution in [0.1, 0.15) is 24.0 Å². The van der Waals surface area contributed by atoms with Crippen molar-refractivity contribution in [3.05, 3.63) is 66.0 Å². The van der Waals surface area contributed by atoms with E-state index in [-0.39, 0.29) is 19.0 Å². The van der Waals surface area contributed by atoms with Crippen LogP contribution in [0.5, 0.6) is 0 Å². The van der Waals surface area contributed by atoms with Gasteiger partial charge in [0.1, 0.15) is 11.6 Å².